The maximum absolute atomic E-state index is 12.2. The molecule has 0 aromatic heterocycles. The zero-order valence-corrected chi connectivity index (χ0v) is 12.6. The molecule has 1 rings (SSSR count). The Bertz CT molecular complexity index is 492. The lowest BCUT2D eigenvalue weighted by Gasteiger charge is -2.24. The third kappa shape index (κ3) is 4.93. The minimum atomic E-state index is -3.47. The summed E-state index contributed by atoms with van der Waals surface area (Å²) < 4.78 is 27.1. The molecule has 1 aromatic rings. The van der Waals surface area contributed by atoms with Crippen LogP contribution in [0.1, 0.15) is 39.2 Å². The molecular weight excluding hydrogens is 262 g/mol. The summed E-state index contributed by atoms with van der Waals surface area (Å²) in [4.78, 5) is 0.279. The van der Waals surface area contributed by atoms with Gasteiger partial charge in [0.2, 0.25) is 10.0 Å². The lowest BCUT2D eigenvalue weighted by molar-refractivity contribution is 0.288. The summed E-state index contributed by atoms with van der Waals surface area (Å²) >= 11 is 0. The van der Waals surface area contributed by atoms with Gasteiger partial charge in [-0.05, 0) is 50.8 Å². The highest BCUT2D eigenvalue weighted by Crippen LogP contribution is 2.16. The van der Waals surface area contributed by atoms with Crippen molar-refractivity contribution in [1.82, 2.24) is 4.72 Å². The number of benzene rings is 1. The van der Waals surface area contributed by atoms with Crippen molar-refractivity contribution in [3.05, 3.63) is 29.8 Å². The van der Waals surface area contributed by atoms with Crippen LogP contribution in [0, 0.1) is 0 Å². The number of nitrogens with one attached hydrogen (secondary N) is 1. The minimum absolute atomic E-state index is 0.145. The van der Waals surface area contributed by atoms with E-state index in [1.807, 2.05) is 20.8 Å². The number of hydrogen-bond donors (Lipinski definition) is 2. The number of aliphatic hydroxyl groups is 1. The number of hydrogen-bond acceptors (Lipinski definition) is 3. The first-order valence-electron chi connectivity index (χ1n) is 6.54. The third-order valence-corrected chi connectivity index (χ3v) is 4.87. The first kappa shape index (κ1) is 16.1. The van der Waals surface area contributed by atoms with Crippen molar-refractivity contribution in [1.29, 1.82) is 0 Å². The van der Waals surface area contributed by atoms with Crippen LogP contribution >= 0.6 is 0 Å². The van der Waals surface area contributed by atoms with Gasteiger partial charge in [0, 0.05) is 12.1 Å². The van der Waals surface area contributed by atoms with Crippen molar-refractivity contribution in [3.63, 3.8) is 0 Å². The van der Waals surface area contributed by atoms with Gasteiger partial charge in [0.05, 0.1) is 4.90 Å². The zero-order chi connectivity index (χ0) is 14.5. The van der Waals surface area contributed by atoms with Crippen molar-refractivity contribution >= 4 is 10.0 Å². The molecular formula is C14H23NO3S. The molecule has 0 spiro atoms. The quantitative estimate of drug-likeness (QED) is 0.806. The van der Waals surface area contributed by atoms with E-state index in [4.69, 9.17) is 5.11 Å². The fourth-order valence-electron chi connectivity index (χ4n) is 1.61. The van der Waals surface area contributed by atoms with Crippen LogP contribution in [-0.2, 0) is 16.4 Å². The van der Waals surface area contributed by atoms with Crippen LogP contribution in [0.25, 0.3) is 0 Å². The second kappa shape index (κ2) is 6.50. The molecule has 0 bridgehead atoms. The summed E-state index contributed by atoms with van der Waals surface area (Å²) in [5.41, 5.74) is 0.580. The summed E-state index contributed by atoms with van der Waals surface area (Å²) in [5, 5.41) is 8.76. The monoisotopic (exact) mass is 285 g/mol. The van der Waals surface area contributed by atoms with Crippen molar-refractivity contribution < 1.29 is 13.5 Å². The summed E-state index contributed by atoms with van der Waals surface area (Å²) in [6.07, 6.45) is 2.17. The molecule has 0 aliphatic heterocycles. The number of aliphatic hydroxyl groups excluding tert-OH is 1. The van der Waals surface area contributed by atoms with Gasteiger partial charge in [-0.1, -0.05) is 19.1 Å². The van der Waals surface area contributed by atoms with E-state index >= 15 is 0 Å². The molecule has 0 radical (unpaired) electrons. The maximum atomic E-state index is 12.2. The Morgan fingerprint density at radius 1 is 1.21 bits per heavy atom. The fraction of sp³-hybridized carbons (Fsp3) is 0.571. The summed E-state index contributed by atoms with van der Waals surface area (Å²) in [6.45, 7) is 5.81. The van der Waals surface area contributed by atoms with E-state index in [0.29, 0.717) is 6.42 Å². The molecule has 0 saturated heterocycles. The van der Waals surface area contributed by atoms with Gasteiger partial charge in [-0.25, -0.2) is 13.1 Å². The Morgan fingerprint density at radius 3 is 2.26 bits per heavy atom. The van der Waals surface area contributed by atoms with Gasteiger partial charge >= 0.3 is 0 Å². The lowest BCUT2D eigenvalue weighted by atomic mass is 10.0. The van der Waals surface area contributed by atoms with Gasteiger partial charge < -0.3 is 5.11 Å². The number of sulfonamides is 1. The first-order valence-corrected chi connectivity index (χ1v) is 8.03. The van der Waals surface area contributed by atoms with Crippen molar-refractivity contribution in [2.24, 2.45) is 0 Å². The molecule has 0 atom stereocenters. The van der Waals surface area contributed by atoms with E-state index in [2.05, 4.69) is 4.72 Å². The molecule has 19 heavy (non-hydrogen) atoms. The molecule has 2 N–H and O–H groups in total. The van der Waals surface area contributed by atoms with Crippen molar-refractivity contribution in [3.8, 4) is 0 Å². The normalized spacial score (nSPS) is 12.6. The molecule has 4 nitrogen and oxygen atoms in total. The van der Waals surface area contributed by atoms with Gasteiger partial charge in [-0.15, -0.1) is 0 Å². The lowest BCUT2D eigenvalue weighted by Crippen LogP contribution is -2.42. The largest absolute Gasteiger partial charge is 0.396 e. The third-order valence-electron chi connectivity index (χ3n) is 3.15. The van der Waals surface area contributed by atoms with Crippen molar-refractivity contribution in [2.75, 3.05) is 6.61 Å². The average Bonchev–Trinajstić information content (AvgIpc) is 2.35. The molecule has 0 aliphatic rings. The van der Waals surface area contributed by atoms with E-state index in [9.17, 15) is 8.42 Å². The van der Waals surface area contributed by atoms with E-state index < -0.39 is 15.6 Å². The van der Waals surface area contributed by atoms with Crippen LogP contribution in [0.4, 0.5) is 0 Å². The Labute approximate surface area is 115 Å². The summed E-state index contributed by atoms with van der Waals surface area (Å²) in [5.74, 6) is 0. The second-order valence-electron chi connectivity index (χ2n) is 5.31. The highest BCUT2D eigenvalue weighted by molar-refractivity contribution is 7.89. The second-order valence-corrected chi connectivity index (χ2v) is 7.00. The average molecular weight is 285 g/mol. The highest BCUT2D eigenvalue weighted by atomic mass is 32.2. The van der Waals surface area contributed by atoms with Crippen LogP contribution in [0.2, 0.25) is 0 Å². The molecule has 5 heteroatoms. The topological polar surface area (TPSA) is 66.4 Å². The number of rotatable bonds is 7. The van der Waals surface area contributed by atoms with Crippen LogP contribution in [-0.4, -0.2) is 25.7 Å². The van der Waals surface area contributed by atoms with Gasteiger partial charge in [-0.3, -0.25) is 0 Å². The fourth-order valence-corrected chi connectivity index (χ4v) is 3.10. The summed E-state index contributed by atoms with van der Waals surface area (Å²) in [6, 6.07) is 6.81. The molecule has 0 aliphatic carbocycles. The van der Waals surface area contributed by atoms with Crippen LogP contribution < -0.4 is 4.72 Å². The standard InChI is InChI=1S/C14H23NO3S/c1-4-14(2,3)15-19(17,18)13-9-7-12(8-10-13)6-5-11-16/h7-10,15-16H,4-6,11H2,1-3H3. The molecule has 0 amide bonds. The van der Waals surface area contributed by atoms with E-state index in [0.717, 1.165) is 18.4 Å². The Balaban J connectivity index is 2.85. The van der Waals surface area contributed by atoms with Crippen LogP contribution in [0.3, 0.4) is 0 Å². The minimum Gasteiger partial charge on any atom is -0.396 e. The van der Waals surface area contributed by atoms with Gasteiger partial charge in [0.1, 0.15) is 0 Å². The van der Waals surface area contributed by atoms with Gasteiger partial charge in [0.25, 0.3) is 0 Å². The predicted molar refractivity (Wildman–Crippen MR) is 76.5 cm³/mol. The van der Waals surface area contributed by atoms with Gasteiger partial charge in [0.15, 0.2) is 0 Å². The van der Waals surface area contributed by atoms with E-state index in [1.165, 1.54) is 0 Å². The summed E-state index contributed by atoms with van der Waals surface area (Å²) in [7, 11) is -3.47. The molecule has 0 heterocycles. The van der Waals surface area contributed by atoms with E-state index in [1.54, 1.807) is 24.3 Å². The molecule has 1 aromatic carbocycles. The van der Waals surface area contributed by atoms with E-state index in [-0.39, 0.29) is 11.5 Å². The van der Waals surface area contributed by atoms with Crippen molar-refractivity contribution in [2.45, 2.75) is 50.5 Å². The highest BCUT2D eigenvalue weighted by Gasteiger charge is 2.24. The predicted octanol–water partition coefficient (Wildman–Crippen LogP) is 2.08. The SMILES string of the molecule is CCC(C)(C)NS(=O)(=O)c1ccc(CCCO)cc1. The Morgan fingerprint density at radius 2 is 1.79 bits per heavy atom. The molecule has 0 unspecified atom stereocenters. The molecule has 108 valence electrons. The smallest absolute Gasteiger partial charge is 0.241 e. The molecule has 0 fully saturated rings. The van der Waals surface area contributed by atoms with Crippen LogP contribution in [0.15, 0.2) is 29.2 Å². The maximum Gasteiger partial charge on any atom is 0.241 e. The Hall–Kier alpha value is -0.910. The number of aryl methyl sites for hydroxylation is 1. The van der Waals surface area contributed by atoms with Gasteiger partial charge in [-0.2, -0.15) is 0 Å². The zero-order valence-electron chi connectivity index (χ0n) is 11.8. The first-order chi connectivity index (χ1) is 8.80. The molecule has 0 saturated carbocycles. The Kier molecular flexibility index (Phi) is 5.52. The van der Waals surface area contributed by atoms with Crippen LogP contribution in [0.5, 0.6) is 0 Å².